The van der Waals surface area contributed by atoms with Crippen LogP contribution in [0, 0.1) is 0 Å². The van der Waals surface area contributed by atoms with Gasteiger partial charge in [0, 0.05) is 0 Å². The average molecular weight is 183 g/mol. The zero-order valence-corrected chi connectivity index (χ0v) is 6.32. The molecule has 0 atom stereocenters. The fraction of sp³-hybridized carbons (Fsp3) is 0. The van der Waals surface area contributed by atoms with Crippen molar-refractivity contribution in [3.8, 4) is 0 Å². The molecule has 1 rings (SSSR count). The Balaban J connectivity index is 3.31. The molecule has 0 aliphatic rings. The zero-order valence-electron chi connectivity index (χ0n) is 4.81. The number of nitrogens with zero attached hydrogens (tertiary/aromatic N) is 2. The van der Waals surface area contributed by atoms with E-state index >= 15 is 0 Å². The molecule has 0 amide bonds. The summed E-state index contributed by atoms with van der Waals surface area (Å²) in [4.78, 5) is 7.11. The molecule has 4 N–H and O–H groups in total. The number of aromatic nitrogens is 2. The SMILES string of the molecule is N[13c]1n[13c](Cl)[13c](N)[13c](Cl)n1. The van der Waals surface area contributed by atoms with Crippen LogP contribution >= 0.6 is 23.2 Å². The summed E-state index contributed by atoms with van der Waals surface area (Å²) in [6.07, 6.45) is 0. The quantitative estimate of drug-likeness (QED) is 0.586. The number of halogens is 2. The first-order valence-corrected chi connectivity index (χ1v) is 3.11. The summed E-state index contributed by atoms with van der Waals surface area (Å²) in [6.45, 7) is 0. The maximum absolute atomic E-state index is 5.48. The summed E-state index contributed by atoms with van der Waals surface area (Å²) in [5.74, 6) is 0.0178. The van der Waals surface area contributed by atoms with Gasteiger partial charge in [0.1, 0.15) is 5.69 Å². The van der Waals surface area contributed by atoms with Crippen LogP contribution in [0.3, 0.4) is 0 Å². The van der Waals surface area contributed by atoms with Crippen LogP contribution in [-0.4, -0.2) is 9.97 Å². The van der Waals surface area contributed by atoms with E-state index in [0.717, 1.165) is 0 Å². The van der Waals surface area contributed by atoms with Crippen LogP contribution in [0.1, 0.15) is 0 Å². The molecule has 4 nitrogen and oxygen atoms in total. The smallest absolute Gasteiger partial charge is 0.223 e. The van der Waals surface area contributed by atoms with E-state index in [2.05, 4.69) is 9.97 Å². The minimum atomic E-state index is 0.0178. The first-order valence-electron chi connectivity index (χ1n) is 2.35. The maximum Gasteiger partial charge on any atom is 0.223 e. The van der Waals surface area contributed by atoms with Crippen LogP contribution in [0.25, 0.3) is 0 Å². The van der Waals surface area contributed by atoms with Gasteiger partial charge in [-0.15, -0.1) is 0 Å². The van der Waals surface area contributed by atoms with E-state index in [1.54, 1.807) is 0 Å². The Morgan fingerprint density at radius 2 is 1.40 bits per heavy atom. The van der Waals surface area contributed by atoms with Crippen LogP contribution in [0.4, 0.5) is 11.6 Å². The minimum Gasteiger partial charge on any atom is -0.394 e. The Hall–Kier alpha value is -0.740. The van der Waals surface area contributed by atoms with Crippen molar-refractivity contribution in [1.82, 2.24) is 9.97 Å². The van der Waals surface area contributed by atoms with E-state index in [1.165, 1.54) is 0 Å². The van der Waals surface area contributed by atoms with Crippen LogP contribution in [-0.2, 0) is 0 Å². The third-order valence-corrected chi connectivity index (χ3v) is 1.45. The van der Waals surface area contributed by atoms with Gasteiger partial charge < -0.3 is 11.5 Å². The van der Waals surface area contributed by atoms with E-state index in [4.69, 9.17) is 34.7 Å². The van der Waals surface area contributed by atoms with Crippen molar-refractivity contribution in [2.45, 2.75) is 0 Å². The van der Waals surface area contributed by atoms with Crippen molar-refractivity contribution in [2.75, 3.05) is 11.5 Å². The zero-order chi connectivity index (χ0) is 7.72. The van der Waals surface area contributed by atoms with Gasteiger partial charge in [0.15, 0.2) is 10.3 Å². The minimum absolute atomic E-state index is 0.0178. The average Bonchev–Trinajstić information content (AvgIpc) is 1.82. The lowest BCUT2D eigenvalue weighted by atomic mass is 11.4. The highest BCUT2D eigenvalue weighted by Gasteiger charge is 2.04. The molecule has 0 saturated heterocycles. The van der Waals surface area contributed by atoms with E-state index in [-0.39, 0.29) is 21.9 Å². The van der Waals surface area contributed by atoms with Gasteiger partial charge in [-0.2, -0.15) is 9.97 Å². The number of nitrogens with two attached hydrogens (primary N) is 2. The molecule has 0 aromatic carbocycles. The highest BCUT2D eigenvalue weighted by atomic mass is 35.5. The standard InChI is InChI=1S/C4H4Cl2N4/c5-2-1(7)3(6)10-4(8)9-2/h7H2,(H2,8,9,10)/i1+1,2+1,3+1,4+1. The van der Waals surface area contributed by atoms with Crippen molar-refractivity contribution in [3.05, 3.63) is 10.3 Å². The lowest BCUT2D eigenvalue weighted by Gasteiger charge is -1.98. The third-order valence-electron chi connectivity index (χ3n) is 0.870. The van der Waals surface area contributed by atoms with Crippen molar-refractivity contribution in [3.63, 3.8) is 0 Å². The van der Waals surface area contributed by atoms with E-state index in [1.807, 2.05) is 0 Å². The van der Waals surface area contributed by atoms with Crippen LogP contribution < -0.4 is 11.5 Å². The number of hydrogen-bond acceptors (Lipinski definition) is 4. The highest BCUT2D eigenvalue weighted by molar-refractivity contribution is 6.37. The molecule has 0 aliphatic heterocycles. The van der Waals surface area contributed by atoms with Crippen molar-refractivity contribution >= 4 is 34.8 Å². The maximum atomic E-state index is 5.48. The van der Waals surface area contributed by atoms with Gasteiger partial charge in [0.05, 0.1) is 0 Å². The van der Waals surface area contributed by atoms with Gasteiger partial charge >= 0.3 is 0 Å². The Morgan fingerprint density at radius 1 is 1.00 bits per heavy atom. The van der Waals surface area contributed by atoms with Gasteiger partial charge in [0.2, 0.25) is 5.95 Å². The van der Waals surface area contributed by atoms with Crippen LogP contribution in [0.15, 0.2) is 0 Å². The summed E-state index contributed by atoms with van der Waals surface area (Å²) in [7, 11) is 0. The predicted octanol–water partition coefficient (Wildman–Crippen LogP) is 0.948. The monoisotopic (exact) mass is 182 g/mol. The lowest BCUT2D eigenvalue weighted by molar-refractivity contribution is 1.19. The Kier molecular flexibility index (Phi) is 1.82. The number of anilines is 2. The van der Waals surface area contributed by atoms with Gasteiger partial charge in [-0.25, -0.2) is 0 Å². The van der Waals surface area contributed by atoms with Crippen LogP contribution in [0.5, 0.6) is 0 Å². The molecule has 0 spiro atoms. The van der Waals surface area contributed by atoms with Gasteiger partial charge in [0.25, 0.3) is 0 Å². The number of hydrogen-bond donors (Lipinski definition) is 2. The lowest BCUT2D eigenvalue weighted by Crippen LogP contribution is -1.99. The van der Waals surface area contributed by atoms with Gasteiger partial charge in [-0.1, -0.05) is 23.2 Å². The Labute approximate surface area is 67.2 Å². The normalized spacial score (nSPS) is 9.80. The van der Waals surface area contributed by atoms with Gasteiger partial charge in [-0.05, 0) is 0 Å². The number of rotatable bonds is 0. The molecule has 1 aromatic heterocycles. The summed E-state index contributed by atoms with van der Waals surface area (Å²) >= 11 is 11.0. The topological polar surface area (TPSA) is 77.8 Å². The Bertz CT molecular complexity index is 238. The fourth-order valence-electron chi connectivity index (χ4n) is 0.432. The molecule has 0 unspecified atom stereocenters. The first kappa shape index (κ1) is 7.37. The van der Waals surface area contributed by atoms with E-state index in [0.29, 0.717) is 0 Å². The third kappa shape index (κ3) is 1.22. The van der Waals surface area contributed by atoms with E-state index in [9.17, 15) is 0 Å². The Morgan fingerprint density at radius 3 is 1.80 bits per heavy atom. The summed E-state index contributed by atoms with van der Waals surface area (Å²) in [5, 5.41) is 0.162. The van der Waals surface area contributed by atoms with E-state index < -0.39 is 0 Å². The van der Waals surface area contributed by atoms with Crippen molar-refractivity contribution in [2.24, 2.45) is 0 Å². The molecule has 0 bridgehead atoms. The second kappa shape index (κ2) is 2.48. The second-order valence-corrected chi connectivity index (χ2v) is 2.29. The molecule has 6 heteroatoms. The van der Waals surface area contributed by atoms with Gasteiger partial charge in [-0.3, -0.25) is 0 Å². The fourth-order valence-corrected chi connectivity index (χ4v) is 0.832. The highest BCUT2D eigenvalue weighted by Crippen LogP contribution is 2.23. The molecular formula is C4H4Cl2N4. The molecule has 0 aliphatic carbocycles. The molecule has 0 saturated carbocycles. The summed E-state index contributed by atoms with van der Waals surface area (Å²) in [5.41, 5.74) is 10.6. The van der Waals surface area contributed by atoms with Crippen LogP contribution in [0.2, 0.25) is 10.3 Å². The second-order valence-electron chi connectivity index (χ2n) is 1.58. The summed E-state index contributed by atoms with van der Waals surface area (Å²) in [6, 6.07) is 0. The molecule has 10 heavy (non-hydrogen) atoms. The number of nitrogen functional groups attached to an aromatic ring is 2. The molecule has 1 aromatic rings. The molecular weight excluding hydrogens is 179 g/mol. The summed E-state index contributed by atoms with van der Waals surface area (Å²) < 4.78 is 0. The molecule has 0 radical (unpaired) electrons. The van der Waals surface area contributed by atoms with Crippen molar-refractivity contribution < 1.29 is 0 Å². The first-order chi connectivity index (χ1) is 4.61. The largest absolute Gasteiger partial charge is 0.394 e. The molecule has 54 valence electrons. The molecule has 1 heterocycles. The molecule has 0 fully saturated rings. The predicted molar refractivity (Wildman–Crippen MR) is 40.9 cm³/mol. The van der Waals surface area contributed by atoms with Crippen molar-refractivity contribution in [1.29, 1.82) is 0 Å².